The molecule has 0 atom stereocenters. The normalized spacial score (nSPS) is 18.2. The Hall–Kier alpha value is -1.84. The highest BCUT2D eigenvalue weighted by atomic mass is 32.2. The van der Waals surface area contributed by atoms with Gasteiger partial charge in [0.05, 0.1) is 11.5 Å². The molecule has 114 valence electrons. The fourth-order valence-corrected chi connectivity index (χ4v) is 3.32. The highest BCUT2D eigenvalue weighted by Gasteiger charge is 2.27. The molecule has 3 N–H and O–H groups in total. The highest BCUT2D eigenvalue weighted by molar-refractivity contribution is 7.91. The lowest BCUT2D eigenvalue weighted by molar-refractivity contribution is -0.140. The molecule has 0 saturated carbocycles. The molecule has 2 amide bonds. The third-order valence-corrected chi connectivity index (χ3v) is 4.54. The number of carbonyl (C=O) groups excluding carboxylic acids is 1. The quantitative estimate of drug-likeness (QED) is 0.575. The third-order valence-electron chi connectivity index (χ3n) is 2.82. The third kappa shape index (κ3) is 5.43. The van der Waals surface area contributed by atoms with Crippen LogP contribution < -0.4 is 5.32 Å². The summed E-state index contributed by atoms with van der Waals surface area (Å²) in [4.78, 5) is 33.6. The molecule has 0 aromatic rings. The molecule has 0 aromatic heterocycles. The van der Waals surface area contributed by atoms with Crippen LogP contribution in [0.25, 0.3) is 0 Å². The van der Waals surface area contributed by atoms with E-state index in [1.807, 2.05) is 0 Å². The van der Waals surface area contributed by atoms with E-state index in [-0.39, 0.29) is 24.3 Å². The molecule has 1 fully saturated rings. The first-order valence-corrected chi connectivity index (χ1v) is 7.71. The molecule has 1 rings (SSSR count). The molecule has 1 aliphatic rings. The second-order valence-corrected chi connectivity index (χ2v) is 6.82. The standard InChI is InChI=1S/C10H16N2O7S/c13-8(14)5-12(6-9(15)16)10(17)11-7-1-3-20(18,19)4-2-7/h7H,1-6H2,(H,11,17)(H,13,14)(H,15,16). The van der Waals surface area contributed by atoms with Gasteiger partial charge in [-0.1, -0.05) is 0 Å². The number of rotatable bonds is 5. The smallest absolute Gasteiger partial charge is 0.323 e. The van der Waals surface area contributed by atoms with E-state index in [0.29, 0.717) is 4.90 Å². The average molecular weight is 308 g/mol. The Balaban J connectivity index is 2.57. The first kappa shape index (κ1) is 16.2. The Labute approximate surface area is 115 Å². The first-order chi connectivity index (χ1) is 9.19. The van der Waals surface area contributed by atoms with E-state index < -0.39 is 46.9 Å². The Bertz CT molecular complexity index is 472. The summed E-state index contributed by atoms with van der Waals surface area (Å²) in [7, 11) is -3.06. The van der Waals surface area contributed by atoms with Crippen molar-refractivity contribution in [3.63, 3.8) is 0 Å². The molecule has 0 radical (unpaired) electrons. The van der Waals surface area contributed by atoms with Crippen LogP contribution in [0.5, 0.6) is 0 Å². The summed E-state index contributed by atoms with van der Waals surface area (Å²) in [5, 5.41) is 19.7. The number of sulfone groups is 1. The lowest BCUT2D eigenvalue weighted by Gasteiger charge is -2.26. The maximum Gasteiger partial charge on any atom is 0.323 e. The van der Waals surface area contributed by atoms with Crippen molar-refractivity contribution in [2.45, 2.75) is 18.9 Å². The first-order valence-electron chi connectivity index (χ1n) is 5.89. The molecule has 9 nitrogen and oxygen atoms in total. The van der Waals surface area contributed by atoms with Crippen LogP contribution in [-0.4, -0.2) is 72.1 Å². The van der Waals surface area contributed by atoms with Gasteiger partial charge in [-0.25, -0.2) is 13.2 Å². The number of amides is 2. The van der Waals surface area contributed by atoms with Gasteiger partial charge in [-0.2, -0.15) is 0 Å². The van der Waals surface area contributed by atoms with Gasteiger partial charge in [-0.15, -0.1) is 0 Å². The number of carboxylic acids is 2. The number of aliphatic carboxylic acids is 2. The summed E-state index contributed by atoms with van der Waals surface area (Å²) in [5.41, 5.74) is 0. The van der Waals surface area contributed by atoms with E-state index in [2.05, 4.69) is 5.32 Å². The van der Waals surface area contributed by atoms with Crippen LogP contribution >= 0.6 is 0 Å². The van der Waals surface area contributed by atoms with Crippen LogP contribution in [-0.2, 0) is 19.4 Å². The molecule has 1 aliphatic heterocycles. The molecule has 0 bridgehead atoms. The molecule has 1 saturated heterocycles. The van der Waals surface area contributed by atoms with Gasteiger partial charge in [0.2, 0.25) is 0 Å². The highest BCUT2D eigenvalue weighted by Crippen LogP contribution is 2.12. The zero-order valence-electron chi connectivity index (χ0n) is 10.6. The van der Waals surface area contributed by atoms with Gasteiger partial charge in [0.1, 0.15) is 22.9 Å². The second-order valence-electron chi connectivity index (χ2n) is 4.52. The number of urea groups is 1. The van der Waals surface area contributed by atoms with Crippen molar-refractivity contribution in [2.75, 3.05) is 24.6 Å². The summed E-state index contributed by atoms with van der Waals surface area (Å²) in [6, 6.07) is -1.21. The van der Waals surface area contributed by atoms with Crippen molar-refractivity contribution in [2.24, 2.45) is 0 Å². The molecule has 20 heavy (non-hydrogen) atoms. The van der Waals surface area contributed by atoms with E-state index in [1.54, 1.807) is 0 Å². The summed E-state index contributed by atoms with van der Waals surface area (Å²) >= 11 is 0. The van der Waals surface area contributed by atoms with E-state index in [9.17, 15) is 22.8 Å². The molecular formula is C10H16N2O7S. The van der Waals surface area contributed by atoms with Crippen LogP contribution in [0.15, 0.2) is 0 Å². The van der Waals surface area contributed by atoms with E-state index in [4.69, 9.17) is 10.2 Å². The predicted octanol–water partition coefficient (Wildman–Crippen LogP) is -1.26. The van der Waals surface area contributed by atoms with Crippen molar-refractivity contribution >= 4 is 27.8 Å². The Morgan fingerprint density at radius 2 is 1.50 bits per heavy atom. The van der Waals surface area contributed by atoms with Crippen molar-refractivity contribution in [3.8, 4) is 0 Å². The maximum atomic E-state index is 11.8. The van der Waals surface area contributed by atoms with Crippen molar-refractivity contribution < 1.29 is 33.0 Å². The summed E-state index contributed by atoms with van der Waals surface area (Å²) in [6.45, 7) is -1.47. The zero-order chi connectivity index (χ0) is 15.3. The van der Waals surface area contributed by atoms with Crippen LogP contribution in [0.1, 0.15) is 12.8 Å². The second kappa shape index (κ2) is 6.55. The minimum atomic E-state index is -3.06. The molecular weight excluding hydrogens is 292 g/mol. The summed E-state index contributed by atoms with van der Waals surface area (Å²) in [6.07, 6.45) is 0.476. The van der Waals surface area contributed by atoms with Crippen LogP contribution in [0, 0.1) is 0 Å². The number of carbonyl (C=O) groups is 3. The van der Waals surface area contributed by atoms with Gasteiger partial charge in [-0.3, -0.25) is 9.59 Å². The molecule has 0 unspecified atom stereocenters. The van der Waals surface area contributed by atoms with Gasteiger partial charge in [-0.05, 0) is 12.8 Å². The number of nitrogens with zero attached hydrogens (tertiary/aromatic N) is 1. The Kier molecular flexibility index (Phi) is 5.31. The van der Waals surface area contributed by atoms with Crippen LogP contribution in [0.4, 0.5) is 4.79 Å². The van der Waals surface area contributed by atoms with Crippen molar-refractivity contribution in [3.05, 3.63) is 0 Å². The topological polar surface area (TPSA) is 141 Å². The van der Waals surface area contributed by atoms with Gasteiger partial charge < -0.3 is 20.4 Å². The monoisotopic (exact) mass is 308 g/mol. The lowest BCUT2D eigenvalue weighted by Crippen LogP contribution is -2.50. The van der Waals surface area contributed by atoms with E-state index in [0.717, 1.165) is 0 Å². The predicted molar refractivity (Wildman–Crippen MR) is 67.1 cm³/mol. The van der Waals surface area contributed by atoms with Gasteiger partial charge >= 0.3 is 18.0 Å². The van der Waals surface area contributed by atoms with E-state index in [1.165, 1.54) is 0 Å². The largest absolute Gasteiger partial charge is 0.480 e. The molecule has 0 aromatic carbocycles. The fourth-order valence-electron chi connectivity index (χ4n) is 1.83. The van der Waals surface area contributed by atoms with Crippen LogP contribution in [0.2, 0.25) is 0 Å². The number of carboxylic acid groups (broad SMARTS) is 2. The number of hydrogen-bond donors (Lipinski definition) is 3. The van der Waals surface area contributed by atoms with E-state index >= 15 is 0 Å². The zero-order valence-corrected chi connectivity index (χ0v) is 11.4. The lowest BCUT2D eigenvalue weighted by atomic mass is 10.1. The van der Waals surface area contributed by atoms with Crippen LogP contribution in [0.3, 0.4) is 0 Å². The molecule has 0 aliphatic carbocycles. The molecule has 0 spiro atoms. The Morgan fingerprint density at radius 3 is 1.90 bits per heavy atom. The van der Waals surface area contributed by atoms with Crippen molar-refractivity contribution in [1.82, 2.24) is 10.2 Å². The molecule has 1 heterocycles. The van der Waals surface area contributed by atoms with Gasteiger partial charge in [0, 0.05) is 6.04 Å². The molecule has 10 heteroatoms. The SMILES string of the molecule is O=C(O)CN(CC(=O)O)C(=O)NC1CCS(=O)(=O)CC1. The number of nitrogens with one attached hydrogen (secondary N) is 1. The summed E-state index contributed by atoms with van der Waals surface area (Å²) < 4.78 is 22.5. The fraction of sp³-hybridized carbons (Fsp3) is 0.700. The minimum Gasteiger partial charge on any atom is -0.480 e. The minimum absolute atomic E-state index is 0.0458. The maximum absolute atomic E-state index is 11.8. The number of hydrogen-bond acceptors (Lipinski definition) is 5. The summed E-state index contributed by atoms with van der Waals surface area (Å²) in [5.74, 6) is -2.74. The van der Waals surface area contributed by atoms with Gasteiger partial charge in [0.25, 0.3) is 0 Å². The van der Waals surface area contributed by atoms with Gasteiger partial charge in [0.15, 0.2) is 0 Å². The van der Waals surface area contributed by atoms with Crippen molar-refractivity contribution in [1.29, 1.82) is 0 Å². The average Bonchev–Trinajstić information content (AvgIpc) is 2.29. The Morgan fingerprint density at radius 1 is 1.05 bits per heavy atom.